The van der Waals surface area contributed by atoms with Crippen molar-refractivity contribution < 1.29 is 13.2 Å². The van der Waals surface area contributed by atoms with Crippen LogP contribution in [0.25, 0.3) is 0 Å². The molecule has 1 aromatic rings. The van der Waals surface area contributed by atoms with Crippen LogP contribution in [0.2, 0.25) is 0 Å². The van der Waals surface area contributed by atoms with E-state index in [-0.39, 0.29) is 12.2 Å². The van der Waals surface area contributed by atoms with Gasteiger partial charge in [-0.05, 0) is 29.3 Å². The van der Waals surface area contributed by atoms with Crippen molar-refractivity contribution in [3.63, 3.8) is 0 Å². The summed E-state index contributed by atoms with van der Waals surface area (Å²) in [5, 5.41) is 3.01. The Morgan fingerprint density at radius 1 is 1.22 bits per heavy atom. The number of anilines is 1. The second-order valence-electron chi connectivity index (χ2n) is 3.75. The highest BCUT2D eigenvalue weighted by Gasteiger charge is 2.27. The molecule has 1 N–H and O–H groups in total. The van der Waals surface area contributed by atoms with E-state index in [1.807, 2.05) is 13.8 Å². The molecule has 0 unspecified atom stereocenters. The number of nitrogens with zero attached hydrogens (tertiary/aromatic N) is 2. The molecule has 0 aliphatic rings. The van der Waals surface area contributed by atoms with Crippen molar-refractivity contribution in [2.75, 3.05) is 11.9 Å². The van der Waals surface area contributed by atoms with Crippen LogP contribution in [0.3, 0.4) is 0 Å². The molecule has 1 heterocycles. The normalized spacial score (nSPS) is 11.7. The van der Waals surface area contributed by atoms with Crippen LogP contribution in [0.4, 0.5) is 19.0 Å². The largest absolute Gasteiger partial charge is 0.389 e. The number of aryl methyl sites for hydroxylation is 2. The second kappa shape index (κ2) is 6.36. The number of rotatable bonds is 5. The van der Waals surface area contributed by atoms with Gasteiger partial charge in [0.05, 0.1) is 16.6 Å². The van der Waals surface area contributed by atoms with Crippen molar-refractivity contribution in [2.24, 2.45) is 0 Å². The van der Waals surface area contributed by atoms with Gasteiger partial charge in [0.15, 0.2) is 0 Å². The van der Waals surface area contributed by atoms with Crippen LogP contribution in [-0.4, -0.2) is 22.7 Å². The van der Waals surface area contributed by atoms with Gasteiger partial charge < -0.3 is 5.32 Å². The van der Waals surface area contributed by atoms with Crippen LogP contribution in [0.15, 0.2) is 4.47 Å². The van der Waals surface area contributed by atoms with Gasteiger partial charge in [0.25, 0.3) is 0 Å². The van der Waals surface area contributed by atoms with Crippen LogP contribution in [0.1, 0.15) is 31.8 Å². The maximum atomic E-state index is 12.2. The van der Waals surface area contributed by atoms with Crippen LogP contribution in [0.5, 0.6) is 0 Å². The highest BCUT2D eigenvalue weighted by atomic mass is 79.9. The molecule has 0 amide bonds. The molecule has 0 bridgehead atoms. The summed E-state index contributed by atoms with van der Waals surface area (Å²) in [7, 11) is 0. The van der Waals surface area contributed by atoms with E-state index in [2.05, 4.69) is 31.2 Å². The van der Waals surface area contributed by atoms with E-state index in [0.717, 1.165) is 10.2 Å². The summed E-state index contributed by atoms with van der Waals surface area (Å²) >= 11 is 3.36. The average Bonchev–Trinajstić information content (AvgIpc) is 2.29. The van der Waals surface area contributed by atoms with Gasteiger partial charge in [-0.3, -0.25) is 0 Å². The smallest absolute Gasteiger partial charge is 0.369 e. The van der Waals surface area contributed by atoms with E-state index >= 15 is 0 Å². The van der Waals surface area contributed by atoms with Gasteiger partial charge in [0.1, 0.15) is 11.6 Å². The van der Waals surface area contributed by atoms with E-state index in [4.69, 9.17) is 0 Å². The highest BCUT2D eigenvalue weighted by molar-refractivity contribution is 9.10. The first-order valence-corrected chi connectivity index (χ1v) is 6.52. The van der Waals surface area contributed by atoms with Crippen molar-refractivity contribution in [3.8, 4) is 0 Å². The fraction of sp³-hybridized carbons (Fsp3) is 0.636. The summed E-state index contributed by atoms with van der Waals surface area (Å²) in [4.78, 5) is 8.24. The molecule has 18 heavy (non-hydrogen) atoms. The second-order valence-corrected chi connectivity index (χ2v) is 4.54. The summed E-state index contributed by atoms with van der Waals surface area (Å²) in [6, 6.07) is 0. The van der Waals surface area contributed by atoms with Gasteiger partial charge in [-0.25, -0.2) is 9.97 Å². The molecule has 1 rings (SSSR count). The standard InChI is InChI=1S/C11H15BrF3N3/c1-3-7-9(12)10(16-4-2)18-8(17-7)5-6-11(13,14)15/h3-6H2,1-2H3,(H,16,17,18). The topological polar surface area (TPSA) is 37.8 Å². The molecule has 0 aliphatic heterocycles. The predicted molar refractivity (Wildman–Crippen MR) is 67.6 cm³/mol. The van der Waals surface area contributed by atoms with E-state index in [9.17, 15) is 13.2 Å². The summed E-state index contributed by atoms with van der Waals surface area (Å²) in [6.07, 6.45) is -4.63. The van der Waals surface area contributed by atoms with Crippen molar-refractivity contribution in [3.05, 3.63) is 16.0 Å². The lowest BCUT2D eigenvalue weighted by Crippen LogP contribution is -2.12. The average molecular weight is 326 g/mol. The summed E-state index contributed by atoms with van der Waals surface area (Å²) in [5.74, 6) is 0.782. The van der Waals surface area contributed by atoms with Gasteiger partial charge in [-0.15, -0.1) is 0 Å². The molecular formula is C11H15BrF3N3. The molecule has 1 aromatic heterocycles. The SMILES string of the molecule is CCNc1nc(CCC(F)(F)F)nc(CC)c1Br. The number of halogens is 4. The zero-order valence-corrected chi connectivity index (χ0v) is 11.8. The monoisotopic (exact) mass is 325 g/mol. The molecule has 0 aliphatic carbocycles. The first-order valence-electron chi connectivity index (χ1n) is 5.73. The van der Waals surface area contributed by atoms with Crippen LogP contribution >= 0.6 is 15.9 Å². The van der Waals surface area contributed by atoms with Crippen LogP contribution in [0, 0.1) is 0 Å². The Morgan fingerprint density at radius 3 is 2.39 bits per heavy atom. The Morgan fingerprint density at radius 2 is 1.89 bits per heavy atom. The number of aromatic nitrogens is 2. The zero-order chi connectivity index (χ0) is 13.8. The molecule has 0 radical (unpaired) electrons. The summed E-state index contributed by atoms with van der Waals surface area (Å²) in [6.45, 7) is 4.45. The lowest BCUT2D eigenvalue weighted by Gasteiger charge is -2.12. The molecule has 0 saturated heterocycles. The third-order valence-corrected chi connectivity index (χ3v) is 3.11. The molecular weight excluding hydrogens is 311 g/mol. The zero-order valence-electron chi connectivity index (χ0n) is 10.2. The lowest BCUT2D eigenvalue weighted by atomic mass is 10.2. The van der Waals surface area contributed by atoms with Crippen LogP contribution < -0.4 is 5.32 Å². The number of nitrogens with one attached hydrogen (secondary N) is 1. The Bertz CT molecular complexity index is 407. The quantitative estimate of drug-likeness (QED) is 0.896. The van der Waals surface area contributed by atoms with Crippen molar-refractivity contribution in [1.29, 1.82) is 0 Å². The summed E-state index contributed by atoms with van der Waals surface area (Å²) in [5.41, 5.74) is 0.720. The highest BCUT2D eigenvalue weighted by Crippen LogP contribution is 2.26. The number of alkyl halides is 3. The van der Waals surface area contributed by atoms with Gasteiger partial charge in [-0.2, -0.15) is 13.2 Å². The molecule has 102 valence electrons. The Balaban J connectivity index is 2.95. The fourth-order valence-corrected chi connectivity index (χ4v) is 2.03. The molecule has 0 spiro atoms. The van der Waals surface area contributed by atoms with Crippen molar-refractivity contribution in [2.45, 2.75) is 39.3 Å². The minimum absolute atomic E-state index is 0.192. The third kappa shape index (κ3) is 4.44. The molecule has 0 fully saturated rings. The minimum Gasteiger partial charge on any atom is -0.369 e. The van der Waals surface area contributed by atoms with Gasteiger partial charge in [0, 0.05) is 13.0 Å². The molecule has 0 saturated carbocycles. The lowest BCUT2D eigenvalue weighted by molar-refractivity contribution is -0.134. The Hall–Kier alpha value is -0.850. The number of hydrogen-bond acceptors (Lipinski definition) is 3. The first kappa shape index (κ1) is 15.2. The first-order chi connectivity index (χ1) is 8.37. The predicted octanol–water partition coefficient (Wildman–Crippen LogP) is 3.73. The van der Waals surface area contributed by atoms with Gasteiger partial charge >= 0.3 is 6.18 Å². The summed E-state index contributed by atoms with van der Waals surface area (Å²) < 4.78 is 37.2. The fourth-order valence-electron chi connectivity index (χ4n) is 1.43. The van der Waals surface area contributed by atoms with E-state index in [1.165, 1.54) is 0 Å². The third-order valence-electron chi connectivity index (χ3n) is 2.28. The van der Waals surface area contributed by atoms with Gasteiger partial charge in [-0.1, -0.05) is 6.92 Å². The van der Waals surface area contributed by atoms with E-state index < -0.39 is 12.6 Å². The van der Waals surface area contributed by atoms with E-state index in [0.29, 0.717) is 18.8 Å². The molecule has 3 nitrogen and oxygen atoms in total. The molecule has 7 heteroatoms. The van der Waals surface area contributed by atoms with Crippen molar-refractivity contribution >= 4 is 21.7 Å². The molecule has 0 aromatic carbocycles. The van der Waals surface area contributed by atoms with Crippen LogP contribution in [-0.2, 0) is 12.8 Å². The maximum Gasteiger partial charge on any atom is 0.389 e. The Labute approximate surface area is 112 Å². The Kier molecular flexibility index (Phi) is 5.37. The number of hydrogen-bond donors (Lipinski definition) is 1. The minimum atomic E-state index is -4.18. The van der Waals surface area contributed by atoms with Crippen molar-refractivity contribution in [1.82, 2.24) is 9.97 Å². The maximum absolute atomic E-state index is 12.2. The van der Waals surface area contributed by atoms with E-state index in [1.54, 1.807) is 0 Å². The molecule has 0 atom stereocenters. The van der Waals surface area contributed by atoms with Gasteiger partial charge in [0.2, 0.25) is 0 Å².